The average molecular weight is 686 g/mol. The maximum atomic E-state index is 14.4. The van der Waals surface area contributed by atoms with Gasteiger partial charge in [0.15, 0.2) is 0 Å². The number of alkyl halides is 1. The summed E-state index contributed by atoms with van der Waals surface area (Å²) in [6.45, 7) is 21.3. The average Bonchev–Trinajstić information content (AvgIpc) is 3.24. The van der Waals surface area contributed by atoms with Gasteiger partial charge in [-0.05, 0) is 115 Å². The molecule has 1 aliphatic carbocycles. The van der Waals surface area contributed by atoms with Gasteiger partial charge in [0.2, 0.25) is 11.8 Å². The number of unbranched alkanes of at least 4 members (excludes halogenated alkanes) is 1. The van der Waals surface area contributed by atoms with Gasteiger partial charge in [0.1, 0.15) is 0 Å². The molecule has 1 heterocycles. The van der Waals surface area contributed by atoms with Crippen LogP contribution in [0.5, 0.6) is 0 Å². The number of carbonyl (C=O) groups excluding carboxylic acids is 2. The SMILES string of the molecule is CC(=O)NC1CC(O)C1.CCC(C)CC1(CC)C(=O)N(CC(=C(C)C)N(CCCCF)/C(=C/C=C(\C)Cl)C(C)=C(C)C)c2ccccc21. The number of para-hydroxylation sites is 1. The number of carbonyl (C=O) groups is 2. The van der Waals surface area contributed by atoms with E-state index < -0.39 is 5.41 Å². The summed E-state index contributed by atoms with van der Waals surface area (Å²) < 4.78 is 13.2. The Bertz CT molecular complexity index is 1370. The minimum absolute atomic E-state index is 0.00750. The molecule has 1 saturated carbocycles. The number of hydrogen-bond acceptors (Lipinski definition) is 4. The molecule has 0 saturated heterocycles. The molecule has 0 spiro atoms. The first kappa shape index (κ1) is 41.3. The Morgan fingerprint density at radius 3 is 2.23 bits per heavy atom. The lowest BCUT2D eigenvalue weighted by Gasteiger charge is -2.35. The van der Waals surface area contributed by atoms with Crippen molar-refractivity contribution in [3.05, 3.63) is 75.1 Å². The second kappa shape index (κ2) is 19.3. The van der Waals surface area contributed by atoms with Gasteiger partial charge in [-0.1, -0.05) is 68.1 Å². The van der Waals surface area contributed by atoms with Gasteiger partial charge in [0.05, 0.1) is 24.7 Å². The van der Waals surface area contributed by atoms with E-state index in [0.29, 0.717) is 36.9 Å². The van der Waals surface area contributed by atoms with Crippen LogP contribution in [0.25, 0.3) is 0 Å². The number of anilines is 1. The Balaban J connectivity index is 0.000000764. The van der Waals surface area contributed by atoms with E-state index in [1.165, 1.54) is 12.5 Å². The summed E-state index contributed by atoms with van der Waals surface area (Å²) >= 11 is 6.26. The maximum Gasteiger partial charge on any atom is 0.238 e. The molecule has 2 aliphatic rings. The zero-order chi connectivity index (χ0) is 36.2. The van der Waals surface area contributed by atoms with Crippen LogP contribution in [0.4, 0.5) is 10.1 Å². The standard InChI is InChI=1S/C34H50ClFN2O.C6H11NO2/c1-10-26(7)22-34(11-2)29-16-12-13-17-31(29)38(33(34)39)23-32(25(5)6)37(21-15-14-20-36)30(19-18-27(8)35)28(9)24(3)4;1-4(8)7-5-2-6(9)3-5/h12-13,16-19,26H,10-11,14-15,20-23H2,1-9H3;5-6,9H,2-3H2,1H3,(H,7,8)/b27-18+,30-19+;. The quantitative estimate of drug-likeness (QED) is 0.143. The number of rotatable bonds is 15. The molecule has 0 aromatic heterocycles. The molecule has 1 aromatic rings. The fourth-order valence-electron chi connectivity index (χ4n) is 6.46. The second-order valence-electron chi connectivity index (χ2n) is 14.0. The summed E-state index contributed by atoms with van der Waals surface area (Å²) in [5, 5.41) is 12.2. The summed E-state index contributed by atoms with van der Waals surface area (Å²) in [5.41, 5.74) is 7.23. The van der Waals surface area contributed by atoms with Gasteiger partial charge in [-0.15, -0.1) is 0 Å². The van der Waals surface area contributed by atoms with Crippen LogP contribution in [0.3, 0.4) is 0 Å². The number of halogens is 2. The lowest BCUT2D eigenvalue weighted by molar-refractivity contribution is -0.124. The smallest absolute Gasteiger partial charge is 0.238 e. The number of amides is 2. The van der Waals surface area contributed by atoms with Crippen molar-refractivity contribution >= 4 is 29.1 Å². The van der Waals surface area contributed by atoms with Crippen LogP contribution in [0, 0.1) is 5.92 Å². The van der Waals surface area contributed by atoms with E-state index in [0.717, 1.165) is 65.9 Å². The van der Waals surface area contributed by atoms with Gasteiger partial charge >= 0.3 is 0 Å². The minimum atomic E-state index is -0.509. The van der Waals surface area contributed by atoms with E-state index in [9.17, 15) is 14.0 Å². The van der Waals surface area contributed by atoms with Crippen LogP contribution in [0.1, 0.15) is 120 Å². The number of benzene rings is 1. The zero-order valence-electron chi connectivity index (χ0n) is 31.2. The van der Waals surface area contributed by atoms with Crippen molar-refractivity contribution in [1.29, 1.82) is 0 Å². The normalized spacial score (nSPS) is 21.0. The van der Waals surface area contributed by atoms with E-state index in [1.807, 2.05) is 24.0 Å². The van der Waals surface area contributed by atoms with E-state index >= 15 is 0 Å². The third-order valence-electron chi connectivity index (χ3n) is 9.76. The molecule has 1 aliphatic heterocycles. The Morgan fingerprint density at radius 2 is 1.73 bits per heavy atom. The molecule has 8 heteroatoms. The van der Waals surface area contributed by atoms with E-state index in [2.05, 4.69) is 89.9 Å². The highest BCUT2D eigenvalue weighted by Crippen LogP contribution is 2.48. The highest BCUT2D eigenvalue weighted by atomic mass is 35.5. The fourth-order valence-corrected chi connectivity index (χ4v) is 6.53. The maximum absolute atomic E-state index is 14.4. The third-order valence-corrected chi connectivity index (χ3v) is 9.88. The highest BCUT2D eigenvalue weighted by molar-refractivity contribution is 6.29. The largest absolute Gasteiger partial charge is 0.393 e. The molecule has 0 radical (unpaired) electrons. The van der Waals surface area contributed by atoms with Crippen molar-refractivity contribution in [1.82, 2.24) is 10.2 Å². The molecule has 6 nitrogen and oxygen atoms in total. The van der Waals surface area contributed by atoms with Crippen molar-refractivity contribution in [2.75, 3.05) is 24.7 Å². The van der Waals surface area contributed by atoms with Gasteiger partial charge < -0.3 is 20.2 Å². The topological polar surface area (TPSA) is 72.9 Å². The number of nitrogens with zero attached hydrogens (tertiary/aromatic N) is 2. The molecule has 268 valence electrons. The summed E-state index contributed by atoms with van der Waals surface area (Å²) in [7, 11) is 0. The third kappa shape index (κ3) is 10.8. The van der Waals surface area contributed by atoms with Crippen molar-refractivity contribution < 1.29 is 19.1 Å². The minimum Gasteiger partial charge on any atom is -0.393 e. The first-order valence-corrected chi connectivity index (χ1v) is 18.1. The first-order chi connectivity index (χ1) is 22.6. The highest BCUT2D eigenvalue weighted by Gasteiger charge is 2.50. The first-order valence-electron chi connectivity index (χ1n) is 17.7. The van der Waals surface area contributed by atoms with Crippen LogP contribution >= 0.6 is 11.6 Å². The molecular formula is C40H61ClFN3O3. The molecule has 0 bridgehead atoms. The molecule has 3 rings (SSSR count). The number of hydrogen-bond donors (Lipinski definition) is 2. The summed E-state index contributed by atoms with van der Waals surface area (Å²) in [5.74, 6) is 0.629. The van der Waals surface area contributed by atoms with E-state index in [1.54, 1.807) is 0 Å². The summed E-state index contributed by atoms with van der Waals surface area (Å²) in [6, 6.07) is 8.56. The monoisotopic (exact) mass is 685 g/mol. The van der Waals surface area contributed by atoms with Gasteiger partial charge in [0.25, 0.3) is 0 Å². The molecule has 2 N–H and O–H groups in total. The molecule has 48 heavy (non-hydrogen) atoms. The molecule has 2 amide bonds. The number of fused-ring (bicyclic) bond motifs is 1. The van der Waals surface area contributed by atoms with Crippen molar-refractivity contribution in [3.63, 3.8) is 0 Å². The Labute approximate surface area is 295 Å². The van der Waals surface area contributed by atoms with Gasteiger partial charge in [0, 0.05) is 41.6 Å². The molecule has 1 aromatic carbocycles. The summed E-state index contributed by atoms with van der Waals surface area (Å²) in [4.78, 5) is 29.1. The Morgan fingerprint density at radius 1 is 1.08 bits per heavy atom. The van der Waals surface area contributed by atoms with Crippen LogP contribution < -0.4 is 10.2 Å². The van der Waals surface area contributed by atoms with Gasteiger partial charge in [-0.2, -0.15) is 0 Å². The number of aliphatic hydroxyl groups is 1. The molecule has 2 atom stereocenters. The number of allylic oxidation sites excluding steroid dienone is 6. The molecule has 1 fully saturated rings. The van der Waals surface area contributed by atoms with E-state index in [4.69, 9.17) is 16.7 Å². The Hall–Kier alpha value is -2.90. The van der Waals surface area contributed by atoms with Crippen LogP contribution in [0.2, 0.25) is 0 Å². The van der Waals surface area contributed by atoms with Gasteiger partial charge in [-0.25, -0.2) is 0 Å². The number of aliphatic hydroxyl groups excluding tert-OH is 1. The predicted octanol–water partition coefficient (Wildman–Crippen LogP) is 9.49. The zero-order valence-corrected chi connectivity index (χ0v) is 31.9. The Kier molecular flexibility index (Phi) is 16.6. The molecule has 2 unspecified atom stereocenters. The molecular weight excluding hydrogens is 625 g/mol. The van der Waals surface area contributed by atoms with Gasteiger partial charge in [-0.3, -0.25) is 14.0 Å². The summed E-state index contributed by atoms with van der Waals surface area (Å²) in [6.07, 6.45) is 9.11. The van der Waals surface area contributed by atoms with Crippen LogP contribution in [-0.4, -0.2) is 53.7 Å². The van der Waals surface area contributed by atoms with Crippen molar-refractivity contribution in [3.8, 4) is 0 Å². The fraction of sp³-hybridized carbons (Fsp3) is 0.600. The predicted molar refractivity (Wildman–Crippen MR) is 200 cm³/mol. The van der Waals surface area contributed by atoms with Crippen LogP contribution in [0.15, 0.2) is 69.6 Å². The van der Waals surface area contributed by atoms with Crippen molar-refractivity contribution in [2.45, 2.75) is 132 Å². The number of nitrogens with one attached hydrogen (secondary N) is 1. The van der Waals surface area contributed by atoms with E-state index in [-0.39, 0.29) is 30.6 Å². The lowest BCUT2D eigenvalue weighted by atomic mass is 9.72. The van der Waals surface area contributed by atoms with Crippen molar-refractivity contribution in [2.24, 2.45) is 5.92 Å². The van der Waals surface area contributed by atoms with Crippen LogP contribution in [-0.2, 0) is 15.0 Å². The lowest BCUT2D eigenvalue weighted by Crippen LogP contribution is -2.45. The second-order valence-corrected chi connectivity index (χ2v) is 14.6.